The molecule has 4 aromatic rings. The van der Waals surface area contributed by atoms with Crippen molar-refractivity contribution < 1.29 is 77.6 Å². The van der Waals surface area contributed by atoms with Crippen LogP contribution in [0.4, 0.5) is 9.59 Å². The highest BCUT2D eigenvalue weighted by Crippen LogP contribution is 2.36. The number of benzene rings is 4. The lowest BCUT2D eigenvalue weighted by Gasteiger charge is -2.32. The van der Waals surface area contributed by atoms with Crippen LogP contribution in [0, 0.1) is 0 Å². The fraction of sp³-hybridized carbons (Fsp3) is 0.552. The first kappa shape index (κ1) is 32.5. The first-order valence-corrected chi connectivity index (χ1v) is 24.8. The molecule has 2 unspecified atom stereocenters. The number of nitrogens with one attached hydrogen (secondary N) is 1. The van der Waals surface area contributed by atoms with E-state index < -0.39 is 110 Å². The molecule has 2 atom stereocenters. The van der Waals surface area contributed by atoms with Gasteiger partial charge in [0.05, 0.1) is 40.0 Å². The van der Waals surface area contributed by atoms with Crippen LogP contribution < -0.4 is 14.8 Å². The number of nitrogens with zero attached hydrogens (tertiary/aromatic N) is 1. The Bertz CT molecular complexity index is 3220. The van der Waals surface area contributed by atoms with E-state index in [-0.39, 0.29) is 37.5 Å². The van der Waals surface area contributed by atoms with Crippen LogP contribution in [0.25, 0.3) is 0 Å². The van der Waals surface area contributed by atoms with Crippen molar-refractivity contribution in [2.24, 2.45) is 0 Å². The number of rotatable bonds is 25. The quantitative estimate of drug-likeness (QED) is 0.0507. The van der Waals surface area contributed by atoms with E-state index in [1.807, 2.05) is 64.1 Å². The van der Waals surface area contributed by atoms with Gasteiger partial charge in [-0.3, -0.25) is 0 Å². The van der Waals surface area contributed by atoms with Crippen molar-refractivity contribution in [3.63, 3.8) is 0 Å². The number of hydrogen-bond donors (Lipinski definition) is 1. The van der Waals surface area contributed by atoms with Gasteiger partial charge in [-0.1, -0.05) is 114 Å². The van der Waals surface area contributed by atoms with Crippen molar-refractivity contribution >= 4 is 28.1 Å². The molecule has 13 heteroatoms. The summed E-state index contributed by atoms with van der Waals surface area (Å²) in [6, 6.07) is 12.0. The summed E-state index contributed by atoms with van der Waals surface area (Å²) >= 11 is 3.29. The lowest BCUT2D eigenvalue weighted by Crippen LogP contribution is -2.35. The standard InChI is InChI=1S/C29H39NO5.C16H25BrO.C13H15NO4/c1-29(2)33-22-25-20-24(15-16-26(25)35-29)27-21-30(28(31)34-27)17-9-3-4-10-18-32-19-11-8-14-23-12-6-5-7-13-23;17-13-7-1-2-8-14-18-15-9-6-12-16-10-4-3-5-11-16;1-13(2)16-7-9-5-8(3-4-10(9)18-13)11-6-14-12(15)17-11/h5-7,12-13,15-16,20,27H,3-4,8-11,14,17-19,21-22H2,1-2H3;3-5,10-11H,1-2,6-9,12-15H2;3-5,11H,6-7H2,1-2H3,(H,14,15)/i5D,8D2,11D2,12D,13D,14D2,19D2;3D,6D2,9D2,10D,11D,12D2,15D2;. The van der Waals surface area contributed by atoms with Crippen molar-refractivity contribution in [1.82, 2.24) is 10.2 Å². The fourth-order valence-corrected chi connectivity index (χ4v) is 7.58. The molecule has 2 amide bonds. The number of hydrogen-bond acceptors (Lipinski definition) is 10. The SMILES string of the molecule is CC1(C)OCc2cc(C3CNC(=O)O3)ccc2O1.[2H]c1cc([2H])c(C([2H])([2H])C([2H])([2H])C([2H])([2H])C([2H])([2H])OCCCCCCBr)c([2H])c1.[2H]c1cc([2H])c(C([2H])([2H])C([2H])([2H])C([2H])([2H])C([2H])([2H])OCCCCCCN2CC(c3ccc4c(c3)COC(C)(C)O4)OC2=O)c([2H])c1. The van der Waals surface area contributed by atoms with Crippen LogP contribution in [0.5, 0.6) is 11.5 Å². The molecular formula is C58H79BrN2O10. The zero-order valence-corrected chi connectivity index (χ0v) is 42.2. The van der Waals surface area contributed by atoms with Gasteiger partial charge >= 0.3 is 12.2 Å². The molecule has 4 aliphatic rings. The third-order valence-corrected chi connectivity index (χ3v) is 11.4. The van der Waals surface area contributed by atoms with Crippen LogP contribution in [-0.2, 0) is 54.4 Å². The van der Waals surface area contributed by atoms with Crippen LogP contribution in [0.15, 0.2) is 96.9 Å². The fourth-order valence-electron chi connectivity index (χ4n) is 7.19. The van der Waals surface area contributed by atoms with Gasteiger partial charge < -0.3 is 48.1 Å². The summed E-state index contributed by atoms with van der Waals surface area (Å²) in [5.74, 6) is 0.265. The third kappa shape index (κ3) is 20.1. The second-order valence-electron chi connectivity index (χ2n) is 17.3. The molecule has 2 saturated heterocycles. The molecule has 1 N–H and O–H groups in total. The Morgan fingerprint density at radius 3 is 1.69 bits per heavy atom. The van der Waals surface area contributed by atoms with Crippen LogP contribution >= 0.6 is 15.9 Å². The minimum absolute atomic E-state index is 0.158. The molecule has 0 spiro atoms. The summed E-state index contributed by atoms with van der Waals surface area (Å²) in [5, 5.41) is 3.47. The highest BCUT2D eigenvalue weighted by Gasteiger charge is 2.34. The summed E-state index contributed by atoms with van der Waals surface area (Å²) in [4.78, 5) is 25.1. The molecule has 0 aromatic heterocycles. The largest absolute Gasteiger partial charge is 0.463 e. The van der Waals surface area contributed by atoms with Gasteiger partial charge in [0.15, 0.2) is 0 Å². The minimum Gasteiger partial charge on any atom is -0.463 e. The summed E-state index contributed by atoms with van der Waals surface area (Å²) in [6.07, 6.45) is -16.9. The number of carbonyl (C=O) groups is 2. The smallest absolute Gasteiger partial charge is 0.410 e. The summed E-state index contributed by atoms with van der Waals surface area (Å²) < 4.78 is 221. The number of alkyl carbamates (subject to hydrolysis) is 1. The maximum absolute atomic E-state index is 12.5. The summed E-state index contributed by atoms with van der Waals surface area (Å²) in [7, 11) is 0. The van der Waals surface area contributed by atoms with E-state index in [1.165, 1.54) is 0 Å². The number of cyclic esters (lactones) is 2. The Morgan fingerprint density at radius 2 is 1.18 bits per heavy atom. The van der Waals surface area contributed by atoms with Crippen molar-refractivity contribution in [2.75, 3.05) is 51.3 Å². The molecule has 12 nitrogen and oxygen atoms in total. The zero-order chi connectivity index (χ0) is 69.7. The maximum Gasteiger partial charge on any atom is 0.410 e. The molecule has 4 aromatic carbocycles. The van der Waals surface area contributed by atoms with E-state index in [1.54, 1.807) is 4.90 Å². The topological polar surface area (TPSA) is 123 Å². The molecule has 0 bridgehead atoms. The van der Waals surface area contributed by atoms with Crippen molar-refractivity contribution in [2.45, 2.75) is 154 Å². The molecule has 0 saturated carbocycles. The van der Waals surface area contributed by atoms with Gasteiger partial charge in [-0.25, -0.2) is 9.59 Å². The van der Waals surface area contributed by atoms with E-state index in [2.05, 4.69) is 21.2 Å². The summed E-state index contributed by atoms with van der Waals surface area (Å²) in [6.45, 7) is 2.81. The highest BCUT2D eigenvalue weighted by atomic mass is 79.9. The van der Waals surface area contributed by atoms with Crippen LogP contribution in [0.1, 0.15) is 180 Å². The Labute approximate surface area is 462 Å². The first-order chi connectivity index (χ1) is 42.9. The Hall–Kier alpha value is -4.66. The van der Waals surface area contributed by atoms with Gasteiger partial charge in [-0.15, -0.1) is 0 Å². The number of carbonyl (C=O) groups excluding carboxylic acids is 2. The second-order valence-corrected chi connectivity index (χ2v) is 18.1. The normalized spacial score (nSPS) is 24.4. The summed E-state index contributed by atoms with van der Waals surface area (Å²) in [5.41, 5.74) is 2.14. The molecule has 0 aliphatic carbocycles. The maximum atomic E-state index is 12.5. The first-order valence-electron chi connectivity index (χ1n) is 34.7. The number of ether oxygens (including phenoxy) is 8. The van der Waals surface area contributed by atoms with E-state index in [4.69, 9.17) is 68.1 Å². The number of amides is 2. The molecule has 388 valence electrons. The molecular weight excluding hydrogens is 965 g/mol. The van der Waals surface area contributed by atoms with E-state index in [0.29, 0.717) is 65.0 Å². The number of unbranched alkanes of at least 4 members (excludes halogenated alkanes) is 6. The van der Waals surface area contributed by atoms with Gasteiger partial charge in [-0.2, -0.15) is 0 Å². The van der Waals surface area contributed by atoms with Crippen molar-refractivity contribution in [3.8, 4) is 11.5 Å². The highest BCUT2D eigenvalue weighted by molar-refractivity contribution is 9.09. The Balaban J connectivity index is 0.000000247. The lowest BCUT2D eigenvalue weighted by atomic mass is 10.0. The van der Waals surface area contributed by atoms with Gasteiger partial charge in [0.25, 0.3) is 0 Å². The van der Waals surface area contributed by atoms with Crippen LogP contribution in [0.2, 0.25) is 0 Å². The van der Waals surface area contributed by atoms with Gasteiger partial charge in [0.2, 0.25) is 11.6 Å². The van der Waals surface area contributed by atoms with Gasteiger partial charge in [0.1, 0.15) is 23.7 Å². The predicted octanol–water partition coefficient (Wildman–Crippen LogP) is 13.5. The third-order valence-electron chi connectivity index (χ3n) is 10.8. The minimum atomic E-state index is -3.57. The van der Waals surface area contributed by atoms with Crippen molar-refractivity contribution in [3.05, 3.63) is 130 Å². The van der Waals surface area contributed by atoms with Gasteiger partial charge in [0, 0.05) is 93.5 Å². The second kappa shape index (κ2) is 29.8. The van der Waals surface area contributed by atoms with E-state index in [0.717, 1.165) is 82.6 Å². The van der Waals surface area contributed by atoms with Crippen LogP contribution in [0.3, 0.4) is 0 Å². The molecule has 71 heavy (non-hydrogen) atoms. The Morgan fingerprint density at radius 1 is 0.676 bits per heavy atom. The molecule has 4 aliphatic heterocycles. The number of halogens is 1. The monoisotopic (exact) mass is 1060 g/mol. The molecule has 8 rings (SSSR count). The number of fused-ring (bicyclic) bond motifs is 2. The zero-order valence-electron chi connectivity index (χ0n) is 62.6. The average molecular weight is 1070 g/mol. The van der Waals surface area contributed by atoms with E-state index in [9.17, 15) is 9.59 Å². The molecule has 0 radical (unpaired) electrons. The number of alkyl halides is 1. The van der Waals surface area contributed by atoms with Crippen molar-refractivity contribution in [1.29, 1.82) is 0 Å². The Kier molecular flexibility index (Phi) is 13.6. The average Bonchev–Trinajstić information content (AvgIpc) is 1.21. The van der Waals surface area contributed by atoms with Crippen LogP contribution in [-0.4, -0.2) is 80.0 Å². The predicted molar refractivity (Wildman–Crippen MR) is 281 cm³/mol. The molecule has 4 heterocycles. The lowest BCUT2D eigenvalue weighted by molar-refractivity contribution is -0.180. The van der Waals surface area contributed by atoms with E-state index >= 15 is 0 Å². The molecule has 2 fully saturated rings. The van der Waals surface area contributed by atoms with Gasteiger partial charge in [-0.05, 0) is 110 Å².